The fourth-order valence-electron chi connectivity index (χ4n) is 2.07. The lowest BCUT2D eigenvalue weighted by Gasteiger charge is -2.09. The van der Waals surface area contributed by atoms with E-state index in [1.54, 1.807) is 13.2 Å². The normalized spacial score (nSPS) is 10.8. The van der Waals surface area contributed by atoms with Gasteiger partial charge >= 0.3 is 0 Å². The minimum absolute atomic E-state index is 0.575. The van der Waals surface area contributed by atoms with Crippen LogP contribution >= 0.6 is 0 Å². The average molecular weight is 254 g/mol. The standard InChI is InChI=1S/C13H14N6/c1-3-10-6-4-5-7-11(10)19-12(8-9-14-19)13-15-17-18(2)16-13/h4-9H,3H2,1-2H3. The predicted molar refractivity (Wildman–Crippen MR) is 70.7 cm³/mol. The zero-order valence-corrected chi connectivity index (χ0v) is 10.9. The molecule has 6 nitrogen and oxygen atoms in total. The van der Waals surface area contributed by atoms with Gasteiger partial charge in [0.1, 0.15) is 5.69 Å². The molecule has 0 radical (unpaired) electrons. The first-order valence-corrected chi connectivity index (χ1v) is 6.16. The number of nitrogens with zero attached hydrogens (tertiary/aromatic N) is 6. The Balaban J connectivity index is 2.14. The van der Waals surface area contributed by atoms with Crippen LogP contribution in [0.3, 0.4) is 0 Å². The third-order valence-electron chi connectivity index (χ3n) is 2.98. The van der Waals surface area contributed by atoms with Gasteiger partial charge in [-0.2, -0.15) is 9.90 Å². The van der Waals surface area contributed by atoms with Crippen LogP contribution in [-0.2, 0) is 13.5 Å². The zero-order chi connectivity index (χ0) is 13.2. The lowest BCUT2D eigenvalue weighted by Crippen LogP contribution is -2.03. The summed E-state index contributed by atoms with van der Waals surface area (Å²) < 4.78 is 1.86. The molecular weight excluding hydrogens is 240 g/mol. The molecule has 0 amide bonds. The Kier molecular flexibility index (Phi) is 2.83. The fraction of sp³-hybridized carbons (Fsp3) is 0.231. The largest absolute Gasteiger partial charge is 0.229 e. The smallest absolute Gasteiger partial charge is 0.223 e. The molecule has 0 saturated heterocycles. The van der Waals surface area contributed by atoms with Crippen LogP contribution in [0.2, 0.25) is 0 Å². The van der Waals surface area contributed by atoms with E-state index in [4.69, 9.17) is 0 Å². The molecule has 0 aliphatic heterocycles. The third-order valence-corrected chi connectivity index (χ3v) is 2.98. The SMILES string of the molecule is CCc1ccccc1-n1nccc1-c1nnn(C)n1. The summed E-state index contributed by atoms with van der Waals surface area (Å²) >= 11 is 0. The molecule has 96 valence electrons. The van der Waals surface area contributed by atoms with E-state index in [9.17, 15) is 0 Å². The Labute approximate surface area is 110 Å². The molecule has 2 aromatic heterocycles. The van der Waals surface area contributed by atoms with Crippen molar-refractivity contribution in [2.24, 2.45) is 7.05 Å². The van der Waals surface area contributed by atoms with Crippen LogP contribution in [0, 0.1) is 0 Å². The maximum Gasteiger partial charge on any atom is 0.223 e. The molecule has 19 heavy (non-hydrogen) atoms. The van der Waals surface area contributed by atoms with Crippen LogP contribution in [0.25, 0.3) is 17.2 Å². The Morgan fingerprint density at radius 1 is 1.16 bits per heavy atom. The summed E-state index contributed by atoms with van der Waals surface area (Å²) in [6.07, 6.45) is 2.70. The Morgan fingerprint density at radius 3 is 2.74 bits per heavy atom. The molecular formula is C13H14N6. The topological polar surface area (TPSA) is 61.4 Å². The Hall–Kier alpha value is -2.50. The van der Waals surface area contributed by atoms with Gasteiger partial charge in [-0.05, 0) is 29.3 Å². The minimum atomic E-state index is 0.575. The lowest BCUT2D eigenvalue weighted by molar-refractivity contribution is 0.630. The van der Waals surface area contributed by atoms with Gasteiger partial charge in [-0.1, -0.05) is 25.1 Å². The first-order valence-electron chi connectivity index (χ1n) is 6.16. The number of para-hydroxylation sites is 1. The van der Waals surface area contributed by atoms with Gasteiger partial charge in [-0.15, -0.1) is 10.2 Å². The van der Waals surface area contributed by atoms with E-state index in [1.807, 2.05) is 28.9 Å². The summed E-state index contributed by atoms with van der Waals surface area (Å²) in [5.41, 5.74) is 3.13. The Morgan fingerprint density at radius 2 is 2.00 bits per heavy atom. The first kappa shape index (κ1) is 11.6. The molecule has 0 fully saturated rings. The van der Waals surface area contributed by atoms with Gasteiger partial charge in [0, 0.05) is 0 Å². The molecule has 0 spiro atoms. The number of hydrogen-bond donors (Lipinski definition) is 0. The monoisotopic (exact) mass is 254 g/mol. The number of aromatic nitrogens is 6. The number of tetrazole rings is 1. The molecule has 0 aliphatic carbocycles. The first-order chi connectivity index (χ1) is 9.29. The van der Waals surface area contributed by atoms with Crippen LogP contribution < -0.4 is 0 Å². The maximum absolute atomic E-state index is 4.38. The van der Waals surface area contributed by atoms with E-state index >= 15 is 0 Å². The van der Waals surface area contributed by atoms with E-state index in [2.05, 4.69) is 33.5 Å². The molecule has 1 aromatic carbocycles. The summed E-state index contributed by atoms with van der Waals surface area (Å²) in [6, 6.07) is 10.1. The van der Waals surface area contributed by atoms with Gasteiger partial charge in [-0.25, -0.2) is 4.68 Å². The predicted octanol–water partition coefficient (Wildman–Crippen LogP) is 1.63. The lowest BCUT2D eigenvalue weighted by atomic mass is 10.1. The van der Waals surface area contributed by atoms with Crippen molar-refractivity contribution in [1.82, 2.24) is 30.0 Å². The van der Waals surface area contributed by atoms with Crippen molar-refractivity contribution in [3.63, 3.8) is 0 Å². The van der Waals surface area contributed by atoms with Crippen LogP contribution in [0.5, 0.6) is 0 Å². The highest BCUT2D eigenvalue weighted by atomic mass is 15.6. The maximum atomic E-state index is 4.38. The van der Waals surface area contributed by atoms with Gasteiger partial charge in [0.2, 0.25) is 5.82 Å². The van der Waals surface area contributed by atoms with Crippen molar-refractivity contribution in [2.45, 2.75) is 13.3 Å². The van der Waals surface area contributed by atoms with Crippen LogP contribution in [0.4, 0.5) is 0 Å². The van der Waals surface area contributed by atoms with E-state index in [0.717, 1.165) is 17.8 Å². The average Bonchev–Trinajstić information content (AvgIpc) is 3.06. The highest BCUT2D eigenvalue weighted by Gasteiger charge is 2.13. The van der Waals surface area contributed by atoms with Crippen LogP contribution in [0.15, 0.2) is 36.5 Å². The summed E-state index contributed by atoms with van der Waals surface area (Å²) in [5, 5.41) is 16.5. The van der Waals surface area contributed by atoms with Crippen molar-refractivity contribution < 1.29 is 0 Å². The van der Waals surface area contributed by atoms with Crippen LogP contribution in [-0.4, -0.2) is 30.0 Å². The van der Waals surface area contributed by atoms with E-state index in [0.29, 0.717) is 5.82 Å². The Bertz CT molecular complexity index is 696. The number of rotatable bonds is 3. The van der Waals surface area contributed by atoms with Gasteiger partial charge in [0.25, 0.3) is 0 Å². The fourth-order valence-corrected chi connectivity index (χ4v) is 2.07. The van der Waals surface area contributed by atoms with Crippen molar-refractivity contribution in [3.8, 4) is 17.2 Å². The molecule has 6 heteroatoms. The summed E-state index contributed by atoms with van der Waals surface area (Å²) in [5.74, 6) is 0.575. The van der Waals surface area contributed by atoms with Crippen molar-refractivity contribution >= 4 is 0 Å². The van der Waals surface area contributed by atoms with Crippen molar-refractivity contribution in [2.75, 3.05) is 0 Å². The molecule has 0 N–H and O–H groups in total. The summed E-state index contributed by atoms with van der Waals surface area (Å²) in [6.45, 7) is 2.13. The van der Waals surface area contributed by atoms with Gasteiger partial charge in [-0.3, -0.25) is 0 Å². The van der Waals surface area contributed by atoms with Crippen molar-refractivity contribution in [3.05, 3.63) is 42.1 Å². The number of aryl methyl sites for hydroxylation is 2. The van der Waals surface area contributed by atoms with Crippen molar-refractivity contribution in [1.29, 1.82) is 0 Å². The minimum Gasteiger partial charge on any atom is -0.229 e. The molecule has 0 unspecified atom stereocenters. The molecule has 0 saturated carbocycles. The molecule has 3 rings (SSSR count). The number of hydrogen-bond acceptors (Lipinski definition) is 4. The second kappa shape index (κ2) is 4.64. The third kappa shape index (κ3) is 2.01. The second-order valence-corrected chi connectivity index (χ2v) is 4.21. The van der Waals surface area contributed by atoms with E-state index in [-0.39, 0.29) is 0 Å². The van der Waals surface area contributed by atoms with E-state index in [1.165, 1.54) is 10.4 Å². The summed E-state index contributed by atoms with van der Waals surface area (Å²) in [4.78, 5) is 1.44. The summed E-state index contributed by atoms with van der Waals surface area (Å²) in [7, 11) is 1.75. The van der Waals surface area contributed by atoms with Crippen LogP contribution in [0.1, 0.15) is 12.5 Å². The molecule has 0 aliphatic rings. The van der Waals surface area contributed by atoms with E-state index < -0.39 is 0 Å². The second-order valence-electron chi connectivity index (χ2n) is 4.21. The van der Waals surface area contributed by atoms with Gasteiger partial charge < -0.3 is 0 Å². The zero-order valence-electron chi connectivity index (χ0n) is 10.9. The highest BCUT2D eigenvalue weighted by Crippen LogP contribution is 2.21. The van der Waals surface area contributed by atoms with Gasteiger partial charge in [0.05, 0.1) is 18.9 Å². The van der Waals surface area contributed by atoms with Gasteiger partial charge in [0.15, 0.2) is 0 Å². The number of benzene rings is 1. The highest BCUT2D eigenvalue weighted by molar-refractivity contribution is 5.54. The molecule has 0 bridgehead atoms. The molecule has 0 atom stereocenters. The molecule has 2 heterocycles. The molecule has 3 aromatic rings. The quantitative estimate of drug-likeness (QED) is 0.712.